The fourth-order valence-electron chi connectivity index (χ4n) is 17.4. The molecule has 0 spiro atoms. The number of Topliss-reactive ketones (excluding diaryl/α,β-unsaturated/α-hetero) is 1. The van der Waals surface area contributed by atoms with Crippen molar-refractivity contribution < 1.29 is 100 Å². The van der Waals surface area contributed by atoms with Crippen LogP contribution >= 0.6 is 0 Å². The van der Waals surface area contributed by atoms with Gasteiger partial charge in [0.25, 0.3) is 0 Å². The number of nitrogens with zero attached hydrogens (tertiary/aromatic N) is 10. The Labute approximate surface area is 824 Å². The van der Waals surface area contributed by atoms with Gasteiger partial charge < -0.3 is 74.3 Å². The molecule has 36 heteroatoms. The number of rotatable bonds is 37. The number of methoxy groups -OCH3 is 1. The number of benzene rings is 6. The molecule has 0 unspecified atom stereocenters. The highest BCUT2D eigenvalue weighted by Gasteiger charge is 2.51. The Bertz CT molecular complexity index is 5810. The van der Waals surface area contributed by atoms with E-state index < -0.39 is 190 Å². The minimum Gasteiger partial charge on any atom is -0.467 e. The van der Waals surface area contributed by atoms with Crippen molar-refractivity contribution in [1.29, 1.82) is 0 Å². The van der Waals surface area contributed by atoms with E-state index >= 15 is 24.0 Å². The quantitative estimate of drug-likeness (QED) is 0.0178. The van der Waals surface area contributed by atoms with Crippen LogP contribution in [0.3, 0.4) is 0 Å². The van der Waals surface area contributed by atoms with Crippen molar-refractivity contribution >= 4 is 99.0 Å². The van der Waals surface area contributed by atoms with Gasteiger partial charge in [-0.2, -0.15) is 0 Å². The average molecular weight is 1950 g/mol. The number of likely N-dealkylation sites (tertiary alicyclic amines) is 2. The molecular weight excluding hydrogens is 1810 g/mol. The number of fused-ring (bicyclic) bond motifs is 5. The van der Waals surface area contributed by atoms with Gasteiger partial charge in [0.1, 0.15) is 82.7 Å². The Hall–Kier alpha value is -13.3. The molecule has 12 atom stereocenters. The highest BCUT2D eigenvalue weighted by Crippen LogP contribution is 2.45. The van der Waals surface area contributed by atoms with Crippen LogP contribution < -0.4 is 26.6 Å². The summed E-state index contributed by atoms with van der Waals surface area (Å²) in [6, 6.07) is 30.9. The SMILES string of the molecule is COC(=O)[C@H](Cc1ccc2ccccc2c1)NC(=O)[C@@H]1[C@@H](OCc2cn([C@@H](CCNC(=O)[C@@H](CC(=O)[C@@H]3[C@@H](OCc4cn([C@@H](CCNC(=O)OCC5c6ccccc6-c6ccccc65)C(=O)OC(C)(C)C)nn4)CCN3C(=O)[C@@H](NC(=O)[C@H](C)N(C)C(=O)OC(C)(C)C)C(C)(C)C)Cc3ccc4ccccc4c3)C(=O)OC(C)(C)C)nn2)CCN1C(=O)[C@@H](NC(=O)[C@H](C)N(C)C(=O)OC(C)(C)C)C(C)(C)C. The topological polar surface area (TPSA) is 430 Å². The summed E-state index contributed by atoms with van der Waals surface area (Å²) in [5.41, 5.74) is 0.0122. The molecule has 3 aliphatic rings. The number of nitrogens with one attached hydrogen (secondary N) is 5. The standard InChI is InChI=1S/C105H139N15O21/c1-62(115(21)98(132)140-104(15,16)17)88(122)109-86(100(3,4)5)92(126)117-50-46-82(135-59-71-57-120(114-111-71)80(96(130)139-103(12,13)14)45-49-107-97(131)137-61-77-75-38-30-28-36-73(75)74-37-29-31-39-76(74)77)84(117)81(121)56-70(54-64-40-42-66-32-24-26-34-68(66)52-64)90(124)106-48-44-79(95(129)138-102(9,10)11)119-58-72(112-113-119)60-136-83-47-51-118(93(127)87(101(6,7)8)110-89(123)63(2)116(22)99(133)141-105(18,19)20)85(83)91(125)108-78(94(128)134-23)55-65-41-43-67-33-25-27-35-69(67)53-65/h24-43,52-53,57-58,62-63,70,77-80,82-87H,44-51,54-56,59-61H2,1-23H3,(H,106,124)(H,107,131)(H,108,125)(H,109,122)(H,110,123)/t62-,63-,70+,78-,79-,80-,82-,83-,84+,85-,86+,87+/m0/s1. The van der Waals surface area contributed by atoms with Gasteiger partial charge in [0, 0.05) is 65.0 Å². The number of carbonyl (C=O) groups excluding carboxylic acids is 13. The van der Waals surface area contributed by atoms with E-state index in [4.69, 9.17) is 37.9 Å². The number of amides is 9. The number of alkyl carbamates (subject to hydrolysis) is 1. The van der Waals surface area contributed by atoms with Gasteiger partial charge in [-0.05, 0) is 195 Å². The van der Waals surface area contributed by atoms with Gasteiger partial charge in [-0.3, -0.25) is 43.4 Å². The van der Waals surface area contributed by atoms with Crippen molar-refractivity contribution in [2.24, 2.45) is 16.7 Å². The molecule has 2 fully saturated rings. The maximum Gasteiger partial charge on any atom is 0.410 e. The zero-order valence-corrected chi connectivity index (χ0v) is 85.3. The first kappa shape index (κ1) is 108. The molecule has 0 radical (unpaired) electrons. The van der Waals surface area contributed by atoms with Gasteiger partial charge in [-0.25, -0.2) is 38.1 Å². The van der Waals surface area contributed by atoms with Crippen LogP contribution in [0.1, 0.15) is 222 Å². The van der Waals surface area contributed by atoms with Crippen LogP contribution in [0.5, 0.6) is 0 Å². The zero-order valence-electron chi connectivity index (χ0n) is 85.3. The smallest absolute Gasteiger partial charge is 0.410 e. The molecule has 0 bridgehead atoms. The first-order valence-electron chi connectivity index (χ1n) is 48.0. The van der Waals surface area contributed by atoms with Crippen molar-refractivity contribution in [3.63, 3.8) is 0 Å². The van der Waals surface area contributed by atoms with Crippen LogP contribution in [0, 0.1) is 16.7 Å². The number of hydrogen-bond acceptors (Lipinski definition) is 25. The first-order valence-corrected chi connectivity index (χ1v) is 48.0. The third kappa shape index (κ3) is 28.8. The molecule has 8 aromatic rings. The zero-order chi connectivity index (χ0) is 103. The Morgan fingerprint density at radius 1 is 0.461 bits per heavy atom. The van der Waals surface area contributed by atoms with Crippen molar-refractivity contribution in [3.8, 4) is 11.1 Å². The number of aromatic nitrogens is 6. The van der Waals surface area contributed by atoms with Gasteiger partial charge in [0.15, 0.2) is 17.9 Å². The lowest BCUT2D eigenvalue weighted by atomic mass is 9.85. The van der Waals surface area contributed by atoms with E-state index in [0.717, 1.165) is 53.6 Å². The van der Waals surface area contributed by atoms with Crippen LogP contribution in [-0.4, -0.2) is 258 Å². The number of ether oxygens (including phenoxy) is 8. The number of carbonyl (C=O) groups is 13. The largest absolute Gasteiger partial charge is 0.467 e. The van der Waals surface area contributed by atoms with Crippen LogP contribution in [0.25, 0.3) is 32.7 Å². The highest BCUT2D eigenvalue weighted by atomic mass is 16.6. The van der Waals surface area contributed by atoms with Crippen molar-refractivity contribution in [2.75, 3.05) is 54.0 Å². The van der Waals surface area contributed by atoms with Crippen LogP contribution in [0.4, 0.5) is 14.4 Å². The van der Waals surface area contributed by atoms with Gasteiger partial charge in [0.2, 0.25) is 35.4 Å². The molecule has 6 aromatic carbocycles. The van der Waals surface area contributed by atoms with Gasteiger partial charge in [-0.1, -0.05) is 185 Å². The molecule has 2 aliphatic heterocycles. The van der Waals surface area contributed by atoms with Crippen molar-refractivity contribution in [3.05, 3.63) is 179 Å². The van der Waals surface area contributed by atoms with Crippen molar-refractivity contribution in [2.45, 2.75) is 292 Å². The maximum atomic E-state index is 16.1. The van der Waals surface area contributed by atoms with Gasteiger partial charge >= 0.3 is 36.2 Å². The van der Waals surface area contributed by atoms with E-state index in [1.165, 1.54) is 66.6 Å². The number of likely N-dealkylation sites (N-methyl/N-ethyl adjacent to an activating group) is 2. The second kappa shape index (κ2) is 45.6. The Morgan fingerprint density at radius 3 is 1.30 bits per heavy atom. The summed E-state index contributed by atoms with van der Waals surface area (Å²) in [6.07, 6.45) is -2.25. The Balaban J connectivity index is 0.850. The number of hydrogen-bond donors (Lipinski definition) is 5. The molecule has 5 N–H and O–H groups in total. The Morgan fingerprint density at radius 2 is 0.865 bits per heavy atom. The lowest BCUT2D eigenvalue weighted by Gasteiger charge is -2.37. The van der Waals surface area contributed by atoms with E-state index in [1.807, 2.05) is 133 Å². The lowest BCUT2D eigenvalue weighted by molar-refractivity contribution is -0.160. The minimum atomic E-state index is -1.47. The second-order valence-electron chi connectivity index (χ2n) is 42.7. The predicted molar refractivity (Wildman–Crippen MR) is 525 cm³/mol. The van der Waals surface area contributed by atoms with Crippen LogP contribution in [0.2, 0.25) is 0 Å². The molecule has 760 valence electrons. The Kier molecular flexibility index (Phi) is 34.9. The second-order valence-corrected chi connectivity index (χ2v) is 42.7. The van der Waals surface area contributed by atoms with E-state index in [2.05, 4.69) is 47.2 Å². The van der Waals surface area contributed by atoms with E-state index in [1.54, 1.807) is 125 Å². The monoisotopic (exact) mass is 1950 g/mol. The molecule has 11 rings (SSSR count). The van der Waals surface area contributed by atoms with Gasteiger partial charge in [0.05, 0.1) is 44.9 Å². The molecule has 0 saturated carbocycles. The van der Waals surface area contributed by atoms with Gasteiger partial charge in [-0.15, -0.1) is 10.2 Å². The van der Waals surface area contributed by atoms with Crippen molar-refractivity contribution in [1.82, 2.24) is 76.2 Å². The summed E-state index contributed by atoms with van der Waals surface area (Å²) in [7, 11) is 3.99. The van der Waals surface area contributed by atoms with E-state index in [0.29, 0.717) is 11.1 Å². The highest BCUT2D eigenvalue weighted by molar-refractivity contribution is 5.99. The molecule has 141 heavy (non-hydrogen) atoms. The fraction of sp³-hybridized carbons (Fsp3) is 0.533. The summed E-state index contributed by atoms with van der Waals surface area (Å²) >= 11 is 0. The normalized spacial score (nSPS) is 17.4. The lowest BCUT2D eigenvalue weighted by Crippen LogP contribution is -2.62. The predicted octanol–water partition coefficient (Wildman–Crippen LogP) is 12.3. The fourth-order valence-corrected chi connectivity index (χ4v) is 17.4. The molecular formula is C105H139N15O21. The van der Waals surface area contributed by atoms with E-state index in [-0.39, 0.29) is 102 Å². The molecule has 2 aromatic heterocycles. The molecule has 4 heterocycles. The first-order chi connectivity index (χ1) is 66.1. The summed E-state index contributed by atoms with van der Waals surface area (Å²) < 4.78 is 50.0. The number of ketones is 1. The van der Waals surface area contributed by atoms with Crippen LogP contribution in [0.15, 0.2) is 146 Å². The average Bonchev–Trinajstić information content (AvgIpc) is 1.62. The minimum absolute atomic E-state index is 0.0158. The molecule has 2 saturated heterocycles. The summed E-state index contributed by atoms with van der Waals surface area (Å²) in [6.45, 7) is 32.6. The van der Waals surface area contributed by atoms with E-state index in [9.17, 15) is 38.4 Å². The third-order valence-electron chi connectivity index (χ3n) is 24.9. The summed E-state index contributed by atoms with van der Waals surface area (Å²) in [4.78, 5) is 195. The van der Waals surface area contributed by atoms with Crippen LogP contribution in [-0.2, 0) is 112 Å². The summed E-state index contributed by atoms with van der Waals surface area (Å²) in [5.74, 6) is -8.39. The maximum absolute atomic E-state index is 16.1. The molecule has 9 amide bonds. The molecule has 36 nitrogen and oxygen atoms in total. The molecule has 1 aliphatic carbocycles. The summed E-state index contributed by atoms with van der Waals surface area (Å²) in [5, 5.41) is 35.6. The third-order valence-corrected chi connectivity index (χ3v) is 24.9. The number of esters is 3.